The number of hydrogen-bond donors (Lipinski definition) is 3. The van der Waals surface area contributed by atoms with Crippen LogP contribution in [0.1, 0.15) is 10.4 Å². The molecule has 0 bridgehead atoms. The molecular weight excluding hydrogens is 182 g/mol. The predicted molar refractivity (Wildman–Crippen MR) is 53.4 cm³/mol. The fourth-order valence-corrected chi connectivity index (χ4v) is 0.980. The van der Waals surface area contributed by atoms with E-state index in [1.807, 2.05) is 0 Å². The van der Waals surface area contributed by atoms with Gasteiger partial charge in [-0.05, 0) is 24.3 Å². The van der Waals surface area contributed by atoms with Crippen LogP contribution in [0.3, 0.4) is 0 Å². The zero-order chi connectivity index (χ0) is 10.4. The summed E-state index contributed by atoms with van der Waals surface area (Å²) in [6.45, 7) is 0.0242. The number of carbonyl (C=O) groups excluding carboxylic acids is 1. The second-order valence-corrected chi connectivity index (χ2v) is 2.96. The Morgan fingerprint density at radius 3 is 2.50 bits per heavy atom. The Morgan fingerprint density at radius 2 is 2.00 bits per heavy atom. The van der Waals surface area contributed by atoms with E-state index in [9.17, 15) is 4.79 Å². The third-order valence-corrected chi connectivity index (χ3v) is 1.80. The number of aliphatic hydroxyl groups is 2. The summed E-state index contributed by atoms with van der Waals surface area (Å²) in [5, 5.41) is 20.5. The molecule has 14 heavy (non-hydrogen) atoms. The minimum absolute atomic E-state index is 0.264. The summed E-state index contributed by atoms with van der Waals surface area (Å²) in [6, 6.07) is 6.85. The van der Waals surface area contributed by atoms with Crippen LogP contribution in [0.15, 0.2) is 24.3 Å². The van der Waals surface area contributed by atoms with Gasteiger partial charge in [0.25, 0.3) is 0 Å². The van der Waals surface area contributed by atoms with E-state index in [-0.39, 0.29) is 13.2 Å². The molecule has 0 radical (unpaired) electrons. The summed E-state index contributed by atoms with van der Waals surface area (Å²) in [7, 11) is 0. The molecule has 0 saturated carbocycles. The Kier molecular flexibility index (Phi) is 4.10. The molecule has 0 amide bonds. The van der Waals surface area contributed by atoms with Crippen LogP contribution in [-0.4, -0.2) is 35.8 Å². The van der Waals surface area contributed by atoms with Gasteiger partial charge < -0.3 is 15.5 Å². The molecule has 1 unspecified atom stereocenters. The summed E-state index contributed by atoms with van der Waals surface area (Å²) in [5.74, 6) is 0. The summed E-state index contributed by atoms with van der Waals surface area (Å²) in [4.78, 5) is 10.3. The molecule has 0 aromatic heterocycles. The Labute approximate surface area is 82.2 Å². The second-order valence-electron chi connectivity index (χ2n) is 2.96. The number of nitrogens with one attached hydrogen (secondary N) is 1. The van der Waals surface area contributed by atoms with E-state index in [1.54, 1.807) is 24.3 Å². The monoisotopic (exact) mass is 195 g/mol. The lowest BCUT2D eigenvalue weighted by Gasteiger charge is -2.09. The number of aliphatic hydroxyl groups excluding tert-OH is 2. The maximum Gasteiger partial charge on any atom is 0.150 e. The van der Waals surface area contributed by atoms with Crippen LogP contribution in [0.25, 0.3) is 0 Å². The Hall–Kier alpha value is -1.39. The smallest absolute Gasteiger partial charge is 0.150 e. The fraction of sp³-hybridized carbons (Fsp3) is 0.300. The number of carbonyl (C=O) groups is 1. The molecule has 0 spiro atoms. The van der Waals surface area contributed by atoms with Crippen molar-refractivity contribution < 1.29 is 15.0 Å². The maximum absolute atomic E-state index is 10.3. The van der Waals surface area contributed by atoms with E-state index >= 15 is 0 Å². The zero-order valence-corrected chi connectivity index (χ0v) is 7.68. The van der Waals surface area contributed by atoms with Crippen LogP contribution in [0, 0.1) is 0 Å². The molecule has 0 saturated heterocycles. The molecule has 0 aliphatic rings. The van der Waals surface area contributed by atoms with E-state index in [4.69, 9.17) is 10.2 Å². The highest BCUT2D eigenvalue weighted by Crippen LogP contribution is 2.07. The fourth-order valence-electron chi connectivity index (χ4n) is 0.980. The topological polar surface area (TPSA) is 69.6 Å². The summed E-state index contributed by atoms with van der Waals surface area (Å²) in [5.41, 5.74) is 1.42. The van der Waals surface area contributed by atoms with Crippen LogP contribution in [0.2, 0.25) is 0 Å². The first-order valence-corrected chi connectivity index (χ1v) is 4.34. The molecule has 0 fully saturated rings. The highest BCUT2D eigenvalue weighted by molar-refractivity contribution is 5.75. The average molecular weight is 195 g/mol. The summed E-state index contributed by atoms with van der Waals surface area (Å²) >= 11 is 0. The Morgan fingerprint density at radius 1 is 1.36 bits per heavy atom. The van der Waals surface area contributed by atoms with Crippen molar-refractivity contribution in [2.75, 3.05) is 18.5 Å². The first kappa shape index (κ1) is 10.7. The molecule has 1 atom stereocenters. The van der Waals surface area contributed by atoms with Gasteiger partial charge in [0.2, 0.25) is 0 Å². The van der Waals surface area contributed by atoms with Gasteiger partial charge in [0.1, 0.15) is 6.29 Å². The highest BCUT2D eigenvalue weighted by Gasteiger charge is 2.00. The van der Waals surface area contributed by atoms with Gasteiger partial charge in [-0.1, -0.05) is 0 Å². The van der Waals surface area contributed by atoms with Gasteiger partial charge in [-0.15, -0.1) is 0 Å². The van der Waals surface area contributed by atoms with Crippen molar-refractivity contribution in [3.05, 3.63) is 29.8 Å². The van der Waals surface area contributed by atoms with Crippen molar-refractivity contribution in [1.29, 1.82) is 0 Å². The average Bonchev–Trinajstić information content (AvgIpc) is 2.26. The normalized spacial score (nSPS) is 12.1. The first-order valence-electron chi connectivity index (χ1n) is 4.34. The standard InChI is InChI=1S/C10H13NO3/c12-6-8-1-3-9(4-2-8)11-5-10(14)7-13/h1-4,6,10-11,13-14H,5,7H2. The van der Waals surface area contributed by atoms with Crippen LogP contribution in [-0.2, 0) is 0 Å². The molecule has 76 valence electrons. The van der Waals surface area contributed by atoms with Gasteiger partial charge in [-0.2, -0.15) is 0 Å². The largest absolute Gasteiger partial charge is 0.394 e. The van der Waals surface area contributed by atoms with Crippen molar-refractivity contribution in [2.45, 2.75) is 6.10 Å². The minimum atomic E-state index is -0.763. The van der Waals surface area contributed by atoms with Gasteiger partial charge in [-0.25, -0.2) is 0 Å². The number of rotatable bonds is 5. The van der Waals surface area contributed by atoms with Crippen molar-refractivity contribution in [1.82, 2.24) is 0 Å². The van der Waals surface area contributed by atoms with Crippen LogP contribution in [0.4, 0.5) is 5.69 Å². The number of benzene rings is 1. The third kappa shape index (κ3) is 3.16. The highest BCUT2D eigenvalue weighted by atomic mass is 16.3. The van der Waals surface area contributed by atoms with Crippen molar-refractivity contribution in [2.24, 2.45) is 0 Å². The second kappa shape index (κ2) is 5.36. The van der Waals surface area contributed by atoms with E-state index in [2.05, 4.69) is 5.32 Å². The van der Waals surface area contributed by atoms with Crippen LogP contribution >= 0.6 is 0 Å². The first-order chi connectivity index (χ1) is 6.76. The van der Waals surface area contributed by atoms with Crippen LogP contribution < -0.4 is 5.32 Å². The van der Waals surface area contributed by atoms with Gasteiger partial charge in [0.15, 0.2) is 0 Å². The van der Waals surface area contributed by atoms with Crippen molar-refractivity contribution >= 4 is 12.0 Å². The zero-order valence-electron chi connectivity index (χ0n) is 7.68. The van der Waals surface area contributed by atoms with E-state index in [0.717, 1.165) is 12.0 Å². The third-order valence-electron chi connectivity index (χ3n) is 1.80. The lowest BCUT2D eigenvalue weighted by atomic mass is 10.2. The van der Waals surface area contributed by atoms with Gasteiger partial charge in [0.05, 0.1) is 12.7 Å². The molecule has 1 rings (SSSR count). The van der Waals surface area contributed by atoms with E-state index in [1.165, 1.54) is 0 Å². The molecule has 1 aromatic rings. The Balaban J connectivity index is 2.47. The molecule has 4 heteroatoms. The number of anilines is 1. The lowest BCUT2D eigenvalue weighted by Crippen LogP contribution is -2.22. The number of hydrogen-bond acceptors (Lipinski definition) is 4. The van der Waals surface area contributed by atoms with Gasteiger partial charge >= 0.3 is 0 Å². The molecule has 3 N–H and O–H groups in total. The molecule has 0 aliphatic carbocycles. The molecule has 0 heterocycles. The van der Waals surface area contributed by atoms with Crippen molar-refractivity contribution in [3.63, 3.8) is 0 Å². The quantitative estimate of drug-likeness (QED) is 0.590. The molecule has 4 nitrogen and oxygen atoms in total. The molecule has 1 aromatic carbocycles. The van der Waals surface area contributed by atoms with Crippen LogP contribution in [0.5, 0.6) is 0 Å². The predicted octanol–water partition coefficient (Wildman–Crippen LogP) is 0.264. The van der Waals surface area contributed by atoms with Gasteiger partial charge in [0, 0.05) is 17.8 Å². The number of aldehydes is 1. The van der Waals surface area contributed by atoms with E-state index in [0.29, 0.717) is 5.56 Å². The maximum atomic E-state index is 10.3. The van der Waals surface area contributed by atoms with Crippen molar-refractivity contribution in [3.8, 4) is 0 Å². The summed E-state index contributed by atoms with van der Waals surface area (Å²) < 4.78 is 0. The molecular formula is C10H13NO3. The SMILES string of the molecule is O=Cc1ccc(NCC(O)CO)cc1. The Bertz CT molecular complexity index is 284. The van der Waals surface area contributed by atoms with Gasteiger partial charge in [-0.3, -0.25) is 4.79 Å². The van der Waals surface area contributed by atoms with E-state index < -0.39 is 6.10 Å². The summed E-state index contributed by atoms with van der Waals surface area (Å²) in [6.07, 6.45) is 0.00699. The molecule has 0 aliphatic heterocycles. The lowest BCUT2D eigenvalue weighted by molar-refractivity contribution is 0.105. The minimum Gasteiger partial charge on any atom is -0.394 e.